The average molecular weight is 276 g/mol. The zero-order chi connectivity index (χ0) is 12.0. The summed E-state index contributed by atoms with van der Waals surface area (Å²) in [5.74, 6) is 1.72. The number of fused-ring (bicyclic) bond motifs is 5. The topological polar surface area (TPSA) is 71.1 Å². The van der Waals surface area contributed by atoms with Crippen molar-refractivity contribution in [2.45, 2.75) is 37.9 Å². The number of amidine groups is 1. The Morgan fingerprint density at radius 1 is 1.56 bits per heavy atom. The molecule has 6 heteroatoms. The molecular weight excluding hydrogens is 254 g/mol. The van der Waals surface area contributed by atoms with E-state index in [0.717, 1.165) is 19.6 Å². The van der Waals surface area contributed by atoms with Crippen molar-refractivity contribution in [2.24, 2.45) is 22.7 Å². The number of oxime groups is 1. The molecule has 0 aromatic carbocycles. The van der Waals surface area contributed by atoms with Crippen molar-refractivity contribution in [3.05, 3.63) is 0 Å². The SMILES string of the molecule is CC12CCC(O1)C1CN(CC/C(N)=N/O)CC12.Cl. The van der Waals surface area contributed by atoms with Gasteiger partial charge in [-0.3, -0.25) is 0 Å². The number of hydrogen-bond acceptors (Lipinski definition) is 4. The summed E-state index contributed by atoms with van der Waals surface area (Å²) in [5.41, 5.74) is 5.63. The van der Waals surface area contributed by atoms with Crippen molar-refractivity contribution in [2.75, 3.05) is 19.6 Å². The minimum Gasteiger partial charge on any atom is -0.409 e. The Morgan fingerprint density at radius 2 is 2.33 bits per heavy atom. The van der Waals surface area contributed by atoms with Gasteiger partial charge >= 0.3 is 0 Å². The molecule has 0 amide bonds. The molecule has 104 valence electrons. The van der Waals surface area contributed by atoms with Crippen molar-refractivity contribution in [1.82, 2.24) is 4.90 Å². The van der Waals surface area contributed by atoms with Crippen LogP contribution < -0.4 is 5.73 Å². The molecule has 4 unspecified atom stereocenters. The van der Waals surface area contributed by atoms with Crippen LogP contribution in [0.15, 0.2) is 5.16 Å². The van der Waals surface area contributed by atoms with Crippen molar-refractivity contribution < 1.29 is 9.94 Å². The van der Waals surface area contributed by atoms with E-state index in [-0.39, 0.29) is 18.0 Å². The number of ether oxygens (including phenoxy) is 1. The van der Waals surface area contributed by atoms with Crippen molar-refractivity contribution >= 4 is 18.2 Å². The second-order valence-electron chi connectivity index (χ2n) is 5.88. The predicted molar refractivity (Wildman–Crippen MR) is 71.2 cm³/mol. The Hall–Kier alpha value is -0.520. The van der Waals surface area contributed by atoms with Crippen molar-refractivity contribution in [1.29, 1.82) is 0 Å². The Bertz CT molecular complexity index is 352. The highest BCUT2D eigenvalue weighted by molar-refractivity contribution is 5.85. The van der Waals surface area contributed by atoms with E-state index in [1.54, 1.807) is 0 Å². The monoisotopic (exact) mass is 275 g/mol. The van der Waals surface area contributed by atoms with E-state index in [1.807, 2.05) is 0 Å². The van der Waals surface area contributed by atoms with E-state index in [0.29, 0.717) is 30.2 Å². The fourth-order valence-corrected chi connectivity index (χ4v) is 3.91. The minimum atomic E-state index is 0. The normalized spacial score (nSPS) is 42.9. The summed E-state index contributed by atoms with van der Waals surface area (Å²) in [6, 6.07) is 0. The van der Waals surface area contributed by atoms with E-state index >= 15 is 0 Å². The summed E-state index contributed by atoms with van der Waals surface area (Å²) in [7, 11) is 0. The minimum absolute atomic E-state index is 0. The van der Waals surface area contributed by atoms with Gasteiger partial charge in [0.25, 0.3) is 0 Å². The summed E-state index contributed by atoms with van der Waals surface area (Å²) in [4.78, 5) is 2.44. The highest BCUT2D eigenvalue weighted by Gasteiger charge is 2.59. The standard InChI is InChI=1S/C12H21N3O2.ClH/c1-12-4-2-10(17-12)8-6-15(7-9(8)12)5-3-11(13)14-16;/h8-10,16H,2-7H2,1H3,(H2,13,14);1H. The van der Waals surface area contributed by atoms with Crippen molar-refractivity contribution in [3.8, 4) is 0 Å². The van der Waals surface area contributed by atoms with E-state index in [9.17, 15) is 0 Å². The first-order chi connectivity index (χ1) is 8.12. The molecule has 3 aliphatic heterocycles. The lowest BCUT2D eigenvalue weighted by molar-refractivity contribution is -0.00290. The van der Waals surface area contributed by atoms with Crippen LogP contribution in [0.5, 0.6) is 0 Å². The number of likely N-dealkylation sites (tertiary alicyclic amines) is 1. The van der Waals surface area contributed by atoms with Gasteiger partial charge in [-0.15, -0.1) is 12.4 Å². The van der Waals surface area contributed by atoms with E-state index < -0.39 is 0 Å². The molecule has 3 N–H and O–H groups in total. The molecule has 0 saturated carbocycles. The van der Waals surface area contributed by atoms with E-state index in [2.05, 4.69) is 17.0 Å². The van der Waals surface area contributed by atoms with Gasteiger partial charge in [0.2, 0.25) is 0 Å². The van der Waals surface area contributed by atoms with Crippen LogP contribution in [0.3, 0.4) is 0 Å². The molecule has 0 aromatic rings. The first-order valence-electron chi connectivity index (χ1n) is 6.49. The van der Waals surface area contributed by atoms with Crippen LogP contribution in [0, 0.1) is 11.8 Å². The number of nitrogens with two attached hydrogens (primary N) is 1. The fraction of sp³-hybridized carbons (Fsp3) is 0.917. The largest absolute Gasteiger partial charge is 0.409 e. The van der Waals surface area contributed by atoms with Crippen LogP contribution in [-0.4, -0.2) is 47.3 Å². The second kappa shape index (κ2) is 4.87. The third kappa shape index (κ3) is 2.08. The van der Waals surface area contributed by atoms with E-state index in [1.165, 1.54) is 12.8 Å². The van der Waals surface area contributed by atoms with Gasteiger partial charge in [-0.25, -0.2) is 0 Å². The van der Waals surface area contributed by atoms with Gasteiger partial charge in [-0.05, 0) is 19.8 Å². The fourth-order valence-electron chi connectivity index (χ4n) is 3.91. The molecule has 0 aliphatic carbocycles. The third-order valence-electron chi connectivity index (χ3n) is 4.86. The molecule has 4 atom stereocenters. The lowest BCUT2D eigenvalue weighted by Crippen LogP contribution is -2.35. The van der Waals surface area contributed by atoms with Crippen LogP contribution in [-0.2, 0) is 4.74 Å². The Kier molecular flexibility index (Phi) is 3.76. The summed E-state index contributed by atoms with van der Waals surface area (Å²) >= 11 is 0. The van der Waals surface area contributed by atoms with Gasteiger partial charge in [0, 0.05) is 37.9 Å². The van der Waals surface area contributed by atoms with Gasteiger partial charge in [0.15, 0.2) is 0 Å². The molecule has 3 aliphatic rings. The number of rotatable bonds is 3. The molecular formula is C12H22ClN3O2. The first-order valence-corrected chi connectivity index (χ1v) is 6.49. The molecule has 0 aromatic heterocycles. The summed E-state index contributed by atoms with van der Waals surface area (Å²) in [5, 5.41) is 11.6. The highest BCUT2D eigenvalue weighted by Crippen LogP contribution is 2.53. The number of nitrogens with zero attached hydrogens (tertiary/aromatic N) is 2. The molecule has 0 spiro atoms. The Balaban J connectivity index is 0.00000120. The highest BCUT2D eigenvalue weighted by atomic mass is 35.5. The number of halogens is 1. The first kappa shape index (κ1) is 13.9. The van der Waals surface area contributed by atoms with Gasteiger partial charge in [-0.2, -0.15) is 0 Å². The van der Waals surface area contributed by atoms with Gasteiger partial charge in [0.05, 0.1) is 11.7 Å². The van der Waals surface area contributed by atoms with E-state index in [4.69, 9.17) is 15.7 Å². The zero-order valence-electron chi connectivity index (χ0n) is 10.7. The Labute approximate surface area is 114 Å². The van der Waals surface area contributed by atoms with Crippen LogP contribution in [0.2, 0.25) is 0 Å². The maximum absolute atomic E-state index is 8.53. The molecule has 2 bridgehead atoms. The Morgan fingerprint density at radius 3 is 3.00 bits per heavy atom. The summed E-state index contributed by atoms with van der Waals surface area (Å²) in [6.45, 7) is 5.39. The summed E-state index contributed by atoms with van der Waals surface area (Å²) in [6.07, 6.45) is 3.58. The van der Waals surface area contributed by atoms with Gasteiger partial charge in [-0.1, -0.05) is 5.16 Å². The lowest BCUT2D eigenvalue weighted by Gasteiger charge is -2.28. The molecule has 3 fully saturated rings. The molecule has 18 heavy (non-hydrogen) atoms. The smallest absolute Gasteiger partial charge is 0.140 e. The van der Waals surface area contributed by atoms with Gasteiger partial charge < -0.3 is 20.6 Å². The van der Waals surface area contributed by atoms with Gasteiger partial charge in [0.1, 0.15) is 5.84 Å². The average Bonchev–Trinajstić information content (AvgIpc) is 2.95. The maximum atomic E-state index is 8.53. The maximum Gasteiger partial charge on any atom is 0.140 e. The lowest BCUT2D eigenvalue weighted by atomic mass is 9.75. The third-order valence-corrected chi connectivity index (χ3v) is 4.86. The molecule has 3 rings (SSSR count). The van der Waals surface area contributed by atoms with Crippen LogP contribution >= 0.6 is 12.4 Å². The summed E-state index contributed by atoms with van der Waals surface area (Å²) < 4.78 is 6.11. The van der Waals surface area contributed by atoms with Crippen LogP contribution in [0.1, 0.15) is 26.2 Å². The zero-order valence-corrected chi connectivity index (χ0v) is 11.5. The van der Waals surface area contributed by atoms with Crippen molar-refractivity contribution in [3.63, 3.8) is 0 Å². The number of hydrogen-bond donors (Lipinski definition) is 2. The van der Waals surface area contributed by atoms with Crippen LogP contribution in [0.25, 0.3) is 0 Å². The molecule has 3 saturated heterocycles. The molecule has 5 nitrogen and oxygen atoms in total. The molecule has 0 radical (unpaired) electrons. The quantitative estimate of drug-likeness (QED) is 0.349. The van der Waals surface area contributed by atoms with Crippen LogP contribution in [0.4, 0.5) is 0 Å². The second-order valence-corrected chi connectivity index (χ2v) is 5.88. The molecule has 3 heterocycles. The predicted octanol–water partition coefficient (Wildman–Crippen LogP) is 1.04.